The zero-order chi connectivity index (χ0) is 46.4. The summed E-state index contributed by atoms with van der Waals surface area (Å²) in [5.41, 5.74) is 7.25. The highest BCUT2D eigenvalue weighted by molar-refractivity contribution is 6.08. The van der Waals surface area contributed by atoms with E-state index >= 15 is 0 Å². The van der Waals surface area contributed by atoms with E-state index in [0.717, 1.165) is 54.6 Å². The summed E-state index contributed by atoms with van der Waals surface area (Å²) in [5.74, 6) is -2.08. The number of carboxylic acid groups (broad SMARTS) is 2. The number of anilines is 2. The first-order chi connectivity index (χ1) is 32.6. The maximum Gasteiger partial charge on any atom is 0.309 e. The summed E-state index contributed by atoms with van der Waals surface area (Å²) in [4.78, 5) is 54.2. The second kappa shape index (κ2) is 19.0. The molecule has 13 nitrogen and oxygen atoms in total. The van der Waals surface area contributed by atoms with E-state index in [9.17, 15) is 24.3 Å². The molecule has 7 aromatic carbocycles. The fourth-order valence-electron chi connectivity index (χ4n) is 8.08. The number of rotatable bonds is 12. The van der Waals surface area contributed by atoms with Gasteiger partial charge in [-0.3, -0.25) is 23.9 Å². The maximum absolute atomic E-state index is 13.1. The summed E-state index contributed by atoms with van der Waals surface area (Å²) >= 11 is 0. The minimum atomic E-state index is -0.933. The summed E-state index contributed by atoms with van der Waals surface area (Å²) in [7, 11) is 1.77. The van der Waals surface area contributed by atoms with Gasteiger partial charge in [-0.2, -0.15) is 10.2 Å². The molecule has 0 unspecified atom stereocenters. The quantitative estimate of drug-likeness (QED) is 0.108. The molecule has 0 radical (unpaired) electrons. The number of nitrogens with one attached hydrogen (secondary N) is 1. The smallest absolute Gasteiger partial charge is 0.309 e. The third-order valence-electron chi connectivity index (χ3n) is 11.5. The van der Waals surface area contributed by atoms with Gasteiger partial charge in [-0.15, -0.1) is 0 Å². The third-order valence-corrected chi connectivity index (χ3v) is 11.5. The number of carbonyl (C=O) groups excluding carboxylic acids is 2. The SMILES string of the molecule is CN(C(=O)c1ccc2ccccc2c1)c1ccc(Cn2nc(CC(=O)O)c3ccccc32)cc1.O=C(O)Cc1nn(Cc2ccc(NC(=O)c3ccc4ccccc4c3)cc2)c2ncccc12. The highest BCUT2D eigenvalue weighted by Gasteiger charge is 2.17. The fraction of sp³-hybridized carbons (Fsp3) is 0.0926. The molecule has 0 aliphatic rings. The summed E-state index contributed by atoms with van der Waals surface area (Å²) in [6.07, 6.45) is 1.39. The predicted octanol–water partition coefficient (Wildman–Crippen LogP) is 9.65. The Morgan fingerprint density at radius 1 is 0.552 bits per heavy atom. The molecule has 2 amide bonds. The van der Waals surface area contributed by atoms with Gasteiger partial charge < -0.3 is 20.4 Å². The van der Waals surface area contributed by atoms with Crippen LogP contribution < -0.4 is 10.2 Å². The number of aromatic nitrogens is 5. The minimum Gasteiger partial charge on any atom is -0.481 e. The minimum absolute atomic E-state index is 0.0742. The van der Waals surface area contributed by atoms with E-state index < -0.39 is 11.9 Å². The van der Waals surface area contributed by atoms with Crippen LogP contribution in [0.3, 0.4) is 0 Å². The monoisotopic (exact) mass is 885 g/mol. The van der Waals surface area contributed by atoms with Gasteiger partial charge in [-0.1, -0.05) is 103 Å². The second-order valence-corrected chi connectivity index (χ2v) is 16.0. The zero-order valence-electron chi connectivity index (χ0n) is 36.3. The molecule has 0 fully saturated rings. The lowest BCUT2D eigenvalue weighted by atomic mass is 10.1. The van der Waals surface area contributed by atoms with Crippen molar-refractivity contribution in [1.82, 2.24) is 24.5 Å². The Labute approximate surface area is 384 Å². The lowest BCUT2D eigenvalue weighted by molar-refractivity contribution is -0.137. The molecule has 67 heavy (non-hydrogen) atoms. The van der Waals surface area contributed by atoms with Gasteiger partial charge >= 0.3 is 11.9 Å². The van der Waals surface area contributed by atoms with Crippen LogP contribution in [0.15, 0.2) is 176 Å². The summed E-state index contributed by atoms with van der Waals surface area (Å²) in [6.45, 7) is 0.939. The van der Waals surface area contributed by atoms with Crippen LogP contribution in [0, 0.1) is 0 Å². The van der Waals surface area contributed by atoms with Crippen molar-refractivity contribution in [3.63, 3.8) is 0 Å². The van der Waals surface area contributed by atoms with Gasteiger partial charge in [0.15, 0.2) is 5.65 Å². The van der Waals surface area contributed by atoms with E-state index in [2.05, 4.69) is 20.5 Å². The second-order valence-electron chi connectivity index (χ2n) is 16.0. The number of benzene rings is 7. The summed E-state index contributed by atoms with van der Waals surface area (Å²) < 4.78 is 3.53. The lowest BCUT2D eigenvalue weighted by Crippen LogP contribution is -2.26. The van der Waals surface area contributed by atoms with Gasteiger partial charge in [0, 0.05) is 46.5 Å². The molecule has 10 aromatic rings. The number of hydrogen-bond donors (Lipinski definition) is 3. The van der Waals surface area contributed by atoms with Crippen molar-refractivity contribution in [3.8, 4) is 0 Å². The fourth-order valence-corrected chi connectivity index (χ4v) is 8.08. The van der Waals surface area contributed by atoms with Crippen LogP contribution in [0.5, 0.6) is 0 Å². The molecule has 3 aromatic heterocycles. The number of nitrogens with zero attached hydrogens (tertiary/aromatic N) is 6. The Morgan fingerprint density at radius 3 is 1.73 bits per heavy atom. The molecule has 330 valence electrons. The zero-order valence-corrected chi connectivity index (χ0v) is 36.3. The number of amides is 2. The van der Waals surface area contributed by atoms with E-state index in [1.54, 1.807) is 28.9 Å². The van der Waals surface area contributed by atoms with Gasteiger partial charge in [0.2, 0.25) is 0 Å². The Bertz CT molecular complexity index is 3470. The van der Waals surface area contributed by atoms with E-state index in [4.69, 9.17) is 5.11 Å². The Hall–Kier alpha value is -8.97. The molecule has 10 rings (SSSR count). The van der Waals surface area contributed by atoms with E-state index in [1.807, 2.05) is 168 Å². The van der Waals surface area contributed by atoms with Crippen LogP contribution in [0.25, 0.3) is 43.5 Å². The first-order valence-corrected chi connectivity index (χ1v) is 21.5. The Balaban J connectivity index is 0.000000168. The molecular formula is C54H43N7O6. The number of carboxylic acids is 2. The number of fused-ring (bicyclic) bond motifs is 4. The summed E-state index contributed by atoms with van der Waals surface area (Å²) in [6, 6.07) is 53.8. The normalized spacial score (nSPS) is 11.1. The molecule has 0 saturated carbocycles. The van der Waals surface area contributed by atoms with Crippen LogP contribution in [0.4, 0.5) is 11.4 Å². The van der Waals surface area contributed by atoms with Crippen molar-refractivity contribution >= 4 is 78.6 Å². The van der Waals surface area contributed by atoms with Gasteiger partial charge in [0.1, 0.15) is 0 Å². The van der Waals surface area contributed by atoms with Crippen molar-refractivity contribution in [3.05, 3.63) is 210 Å². The van der Waals surface area contributed by atoms with Crippen LogP contribution in [-0.4, -0.2) is 65.6 Å². The van der Waals surface area contributed by atoms with Crippen molar-refractivity contribution in [2.45, 2.75) is 25.9 Å². The number of hydrogen-bond acceptors (Lipinski definition) is 7. The number of para-hydroxylation sites is 1. The molecule has 0 spiro atoms. The predicted molar refractivity (Wildman–Crippen MR) is 260 cm³/mol. The Morgan fingerprint density at radius 2 is 1.07 bits per heavy atom. The molecule has 3 heterocycles. The first-order valence-electron chi connectivity index (χ1n) is 21.5. The molecule has 13 heteroatoms. The maximum atomic E-state index is 13.1. The molecular weight excluding hydrogens is 843 g/mol. The molecule has 0 bridgehead atoms. The number of carbonyl (C=O) groups is 4. The molecule has 0 aliphatic carbocycles. The Kier molecular flexibility index (Phi) is 12.3. The van der Waals surface area contributed by atoms with Crippen molar-refractivity contribution in [1.29, 1.82) is 0 Å². The van der Waals surface area contributed by atoms with Gasteiger partial charge in [0.05, 0.1) is 42.8 Å². The molecule has 0 saturated heterocycles. The largest absolute Gasteiger partial charge is 0.481 e. The average molecular weight is 886 g/mol. The number of aliphatic carboxylic acids is 2. The highest BCUT2D eigenvalue weighted by Crippen LogP contribution is 2.24. The number of pyridine rings is 1. The standard InChI is InChI=1S/C28H23N3O3.C26H20N4O3/c1-30(28(34)22-13-12-20-6-2-3-7-21(20)16-22)23-14-10-19(11-15-23)18-31-26-9-5-4-8-24(26)25(29-31)17-27(32)33;31-24(32)15-23-22-6-3-13-27-25(22)30(29-23)16-17-7-11-21(12-8-17)28-26(33)20-10-9-18-4-1-2-5-19(18)14-20/h2-16H,17-18H2,1H3,(H,32,33);1-14H,15-16H2,(H,28,33)(H,31,32). The van der Waals surface area contributed by atoms with Crippen LogP contribution >= 0.6 is 0 Å². The molecule has 0 atom stereocenters. The van der Waals surface area contributed by atoms with E-state index in [1.165, 1.54) is 0 Å². The average Bonchev–Trinajstić information content (AvgIpc) is 3.87. The molecule has 3 N–H and O–H groups in total. The third kappa shape index (κ3) is 9.76. The lowest BCUT2D eigenvalue weighted by Gasteiger charge is -2.18. The van der Waals surface area contributed by atoms with Gasteiger partial charge in [-0.05, 0) is 99.4 Å². The summed E-state index contributed by atoms with van der Waals surface area (Å²) in [5, 5.41) is 36.1. The molecule has 0 aliphatic heterocycles. The topological polar surface area (TPSA) is 173 Å². The van der Waals surface area contributed by atoms with Crippen LogP contribution in [0.1, 0.15) is 43.2 Å². The first kappa shape index (κ1) is 43.3. The highest BCUT2D eigenvalue weighted by atomic mass is 16.4. The van der Waals surface area contributed by atoms with Gasteiger partial charge in [0.25, 0.3) is 11.8 Å². The van der Waals surface area contributed by atoms with Gasteiger partial charge in [-0.25, -0.2) is 9.67 Å². The van der Waals surface area contributed by atoms with Crippen LogP contribution in [0.2, 0.25) is 0 Å². The van der Waals surface area contributed by atoms with Crippen molar-refractivity contribution in [2.75, 3.05) is 17.3 Å². The van der Waals surface area contributed by atoms with Crippen molar-refractivity contribution < 1.29 is 29.4 Å². The van der Waals surface area contributed by atoms with Crippen molar-refractivity contribution in [2.24, 2.45) is 0 Å². The van der Waals surface area contributed by atoms with E-state index in [0.29, 0.717) is 46.9 Å². The van der Waals surface area contributed by atoms with Crippen LogP contribution in [-0.2, 0) is 35.5 Å². The van der Waals surface area contributed by atoms with E-state index in [-0.39, 0.29) is 24.7 Å².